The van der Waals surface area contributed by atoms with Gasteiger partial charge in [0.15, 0.2) is 11.4 Å². The number of nitrogens with two attached hydrogens (primary N) is 1. The number of fused-ring (bicyclic) bond motifs is 3. The van der Waals surface area contributed by atoms with Gasteiger partial charge in [0, 0.05) is 24.0 Å². The average Bonchev–Trinajstić information content (AvgIpc) is 2.72. The number of nitrogens with zero attached hydrogens (tertiary/aromatic N) is 1. The summed E-state index contributed by atoms with van der Waals surface area (Å²) in [5.74, 6) is -7.90. The summed E-state index contributed by atoms with van der Waals surface area (Å²) in [5, 5.41) is 43.7. The Morgan fingerprint density at radius 2 is 1.82 bits per heavy atom. The van der Waals surface area contributed by atoms with Gasteiger partial charge >= 0.3 is 5.97 Å². The Balaban J connectivity index is 1.97. The molecule has 1 amide bonds. The number of carbonyl (C=O) groups excluding carboxylic acids is 4. The third-order valence-electron chi connectivity index (χ3n) is 6.81. The first-order valence-electron chi connectivity index (χ1n) is 10.5. The summed E-state index contributed by atoms with van der Waals surface area (Å²) in [4.78, 5) is 51.6. The fourth-order valence-corrected chi connectivity index (χ4v) is 5.47. The summed E-state index contributed by atoms with van der Waals surface area (Å²) < 4.78 is 5.20. The molecule has 3 aliphatic carbocycles. The zero-order valence-electron chi connectivity index (χ0n) is 18.7. The van der Waals surface area contributed by atoms with E-state index >= 15 is 0 Å². The molecule has 180 valence electrons. The molecular weight excluding hydrogens is 448 g/mol. The molecule has 6 N–H and O–H groups in total. The second-order valence-electron chi connectivity index (χ2n) is 8.99. The van der Waals surface area contributed by atoms with Crippen molar-refractivity contribution in [1.29, 1.82) is 0 Å². The highest BCUT2D eigenvalue weighted by molar-refractivity contribution is 6.24. The van der Waals surface area contributed by atoms with Crippen molar-refractivity contribution in [1.82, 2.24) is 4.90 Å². The van der Waals surface area contributed by atoms with Crippen LogP contribution in [0.4, 0.5) is 0 Å². The molecule has 0 bridgehead atoms. The van der Waals surface area contributed by atoms with E-state index in [9.17, 15) is 39.6 Å². The van der Waals surface area contributed by atoms with E-state index in [1.165, 1.54) is 38.1 Å². The zero-order chi connectivity index (χ0) is 25.3. The number of amides is 1. The molecule has 1 fully saturated rings. The van der Waals surface area contributed by atoms with Gasteiger partial charge in [-0.15, -0.1) is 0 Å². The molecule has 34 heavy (non-hydrogen) atoms. The van der Waals surface area contributed by atoms with E-state index in [4.69, 9.17) is 10.5 Å². The minimum absolute atomic E-state index is 0.0333. The molecule has 0 heterocycles. The van der Waals surface area contributed by atoms with E-state index in [-0.39, 0.29) is 41.0 Å². The number of aromatic hydroxyl groups is 1. The molecule has 11 heteroatoms. The fourth-order valence-electron chi connectivity index (χ4n) is 5.47. The molecule has 4 rings (SSSR count). The number of ether oxygens (including phenoxy) is 1. The van der Waals surface area contributed by atoms with Gasteiger partial charge in [-0.2, -0.15) is 0 Å². The lowest BCUT2D eigenvalue weighted by Gasteiger charge is -2.50. The molecule has 0 spiro atoms. The van der Waals surface area contributed by atoms with Gasteiger partial charge in [0.05, 0.1) is 11.6 Å². The second kappa shape index (κ2) is 7.67. The van der Waals surface area contributed by atoms with Gasteiger partial charge in [-0.1, -0.05) is 0 Å². The Morgan fingerprint density at radius 3 is 2.38 bits per heavy atom. The molecule has 1 aromatic rings. The third-order valence-corrected chi connectivity index (χ3v) is 6.81. The molecule has 0 aliphatic heterocycles. The molecule has 0 aromatic heterocycles. The van der Waals surface area contributed by atoms with Crippen molar-refractivity contribution in [3.05, 3.63) is 40.2 Å². The molecule has 0 saturated heterocycles. The number of hydrogen-bond donors (Lipinski definition) is 5. The van der Waals surface area contributed by atoms with Crippen molar-refractivity contribution in [3.8, 4) is 11.5 Å². The summed E-state index contributed by atoms with van der Waals surface area (Å²) in [6.07, 6.45) is -0.0213. The number of hydrogen-bond acceptors (Lipinski definition) is 10. The first-order chi connectivity index (χ1) is 15.8. The van der Waals surface area contributed by atoms with Crippen LogP contribution in [-0.4, -0.2) is 74.5 Å². The molecule has 3 aliphatic rings. The smallest absolute Gasteiger partial charge is 0.308 e. The number of rotatable bonds is 3. The molecular formula is C23H24N2O9. The SMILES string of the molecule is CC(=O)Oc1ccc(O)c2c1C[C@H]1C[C@H]3[C@H](N(C)C)C(=O)C(C(N)=O)=C(O)[C@@]3(O)C(=O)C1=C2O. The van der Waals surface area contributed by atoms with Crippen molar-refractivity contribution >= 4 is 29.2 Å². The number of aliphatic hydroxyl groups is 3. The molecule has 1 saturated carbocycles. The molecule has 0 unspecified atom stereocenters. The van der Waals surface area contributed by atoms with Crippen LogP contribution in [0.25, 0.3) is 5.76 Å². The summed E-state index contributed by atoms with van der Waals surface area (Å²) >= 11 is 0. The van der Waals surface area contributed by atoms with Crippen molar-refractivity contribution in [2.24, 2.45) is 17.6 Å². The number of esters is 1. The monoisotopic (exact) mass is 472 g/mol. The molecule has 4 atom stereocenters. The van der Waals surface area contributed by atoms with Gasteiger partial charge in [0.1, 0.15) is 28.6 Å². The number of Topliss-reactive ketones (excluding diaryl/α,β-unsaturated/α-hetero) is 2. The van der Waals surface area contributed by atoms with Crippen LogP contribution in [0.3, 0.4) is 0 Å². The van der Waals surface area contributed by atoms with Crippen molar-refractivity contribution in [2.45, 2.75) is 31.4 Å². The first-order valence-corrected chi connectivity index (χ1v) is 10.5. The molecule has 1 aromatic carbocycles. The Bertz CT molecular complexity index is 1230. The maximum absolute atomic E-state index is 13.7. The largest absolute Gasteiger partial charge is 0.508 e. The van der Waals surface area contributed by atoms with Gasteiger partial charge in [0.2, 0.25) is 5.78 Å². The summed E-state index contributed by atoms with van der Waals surface area (Å²) in [5.41, 5.74) is 1.57. The Morgan fingerprint density at radius 1 is 1.18 bits per heavy atom. The summed E-state index contributed by atoms with van der Waals surface area (Å²) in [6.45, 7) is 1.19. The number of phenolic OH excluding ortho intramolecular Hbond substituents is 1. The van der Waals surface area contributed by atoms with E-state index in [2.05, 4.69) is 0 Å². The van der Waals surface area contributed by atoms with Crippen LogP contribution in [0.15, 0.2) is 29.0 Å². The van der Waals surface area contributed by atoms with Crippen LogP contribution in [0, 0.1) is 11.8 Å². The number of carbonyl (C=O) groups is 4. The van der Waals surface area contributed by atoms with Crippen LogP contribution < -0.4 is 10.5 Å². The van der Waals surface area contributed by atoms with Gasteiger partial charge in [-0.05, 0) is 45.0 Å². The normalized spacial score (nSPS) is 28.4. The van der Waals surface area contributed by atoms with Crippen LogP contribution >= 0.6 is 0 Å². The van der Waals surface area contributed by atoms with E-state index in [0.29, 0.717) is 0 Å². The molecule has 11 nitrogen and oxygen atoms in total. The van der Waals surface area contributed by atoms with Crippen LogP contribution in [-0.2, 0) is 25.6 Å². The number of ketones is 2. The van der Waals surface area contributed by atoms with E-state index in [1.807, 2.05) is 0 Å². The third kappa shape index (κ3) is 3.04. The standard InChI is InChI=1S/C23H24N2O9/c1-8(26)34-13-5-4-12(27)15-10(13)6-9-7-11-17(25(2)3)19(29)16(22(24)32)21(31)23(11,33)20(30)14(9)18(15)28/h4-5,9,11,17,27-28,31,33H,6-7H2,1-3H3,(H2,24,32)/t9-,11-,17-,23-/m0/s1. The summed E-state index contributed by atoms with van der Waals surface area (Å²) in [7, 11) is 3.04. The van der Waals surface area contributed by atoms with Crippen LogP contribution in [0.2, 0.25) is 0 Å². The lowest BCUT2D eigenvalue weighted by Crippen LogP contribution is -2.65. The topological polar surface area (TPSA) is 188 Å². The van der Waals surface area contributed by atoms with E-state index < -0.39 is 64.0 Å². The zero-order valence-corrected chi connectivity index (χ0v) is 18.7. The van der Waals surface area contributed by atoms with Gasteiger partial charge < -0.3 is 30.9 Å². The maximum atomic E-state index is 13.7. The Kier molecular flexibility index (Phi) is 5.29. The highest BCUT2D eigenvalue weighted by Crippen LogP contribution is 2.53. The Labute approximate surface area is 193 Å². The minimum Gasteiger partial charge on any atom is -0.508 e. The molecule has 0 radical (unpaired) electrons. The maximum Gasteiger partial charge on any atom is 0.308 e. The van der Waals surface area contributed by atoms with E-state index in [0.717, 1.165) is 0 Å². The van der Waals surface area contributed by atoms with Gasteiger partial charge in [-0.25, -0.2) is 0 Å². The average molecular weight is 472 g/mol. The quantitative estimate of drug-likeness (QED) is 0.226. The first kappa shape index (κ1) is 23.5. The predicted molar refractivity (Wildman–Crippen MR) is 116 cm³/mol. The van der Waals surface area contributed by atoms with Gasteiger partial charge in [0.25, 0.3) is 5.91 Å². The van der Waals surface area contributed by atoms with Crippen molar-refractivity contribution in [3.63, 3.8) is 0 Å². The highest BCUT2D eigenvalue weighted by Gasteiger charge is 2.64. The van der Waals surface area contributed by atoms with Crippen molar-refractivity contribution < 1.29 is 44.3 Å². The Hall–Kier alpha value is -3.70. The fraction of sp³-hybridized carbons (Fsp3) is 0.391. The highest BCUT2D eigenvalue weighted by atomic mass is 16.5. The predicted octanol–water partition coefficient (Wildman–Crippen LogP) is -0.111. The number of aliphatic hydroxyl groups excluding tert-OH is 2. The second-order valence-corrected chi connectivity index (χ2v) is 8.99. The lowest BCUT2D eigenvalue weighted by molar-refractivity contribution is -0.153. The number of benzene rings is 1. The number of likely N-dealkylation sites (N-methyl/N-ethyl adjacent to an activating group) is 1. The minimum atomic E-state index is -2.70. The van der Waals surface area contributed by atoms with Crippen LogP contribution in [0.1, 0.15) is 24.5 Å². The van der Waals surface area contributed by atoms with Gasteiger partial charge in [-0.3, -0.25) is 24.1 Å². The van der Waals surface area contributed by atoms with E-state index in [1.54, 1.807) is 0 Å². The number of primary amides is 1. The van der Waals surface area contributed by atoms with Crippen LogP contribution in [0.5, 0.6) is 11.5 Å². The summed E-state index contributed by atoms with van der Waals surface area (Å²) in [6, 6.07) is 1.37. The lowest BCUT2D eigenvalue weighted by atomic mass is 9.57. The van der Waals surface area contributed by atoms with Crippen molar-refractivity contribution in [2.75, 3.05) is 14.1 Å². The number of phenols is 1.